The number of aromatic nitrogens is 3. The monoisotopic (exact) mass is 870 g/mol. The average molecular weight is 870 g/mol. The Labute approximate surface area is 326 Å². The maximum absolute atomic E-state index is 6.27. The molecule has 4 heterocycles. The van der Waals surface area contributed by atoms with Crippen LogP contribution in [0.2, 0.25) is 0 Å². The summed E-state index contributed by atoms with van der Waals surface area (Å²) in [5.41, 5.74) is 15.1. The van der Waals surface area contributed by atoms with Crippen molar-refractivity contribution in [2.75, 3.05) is 0 Å². The molecule has 0 unspecified atom stereocenters. The minimum absolute atomic E-state index is 0. The van der Waals surface area contributed by atoms with Crippen molar-refractivity contribution < 1.29 is 24.5 Å². The quantitative estimate of drug-likeness (QED) is 0.156. The van der Waals surface area contributed by atoms with E-state index in [4.69, 9.17) is 9.40 Å². The second-order valence-corrected chi connectivity index (χ2v) is 14.8. The fourth-order valence-electron chi connectivity index (χ4n) is 6.59. The molecule has 0 bridgehead atoms. The SMILES string of the molecule is CC(C)(C)Cc1ccnc(-c2[c-]ccc3c2oc2nc(Cc4ccccc4)ccc23)c1.Cc1c[c-]c(-c2cc(-c3ccccc3C)c(C)cn2)cc1.[Ir]. The third-order valence-electron chi connectivity index (χ3n) is 9.18. The van der Waals surface area contributed by atoms with Crippen LogP contribution in [0.5, 0.6) is 0 Å². The maximum atomic E-state index is 6.27. The van der Waals surface area contributed by atoms with Gasteiger partial charge in [0, 0.05) is 50.0 Å². The molecule has 53 heavy (non-hydrogen) atoms. The summed E-state index contributed by atoms with van der Waals surface area (Å²) in [4.78, 5) is 14.0. The first-order valence-corrected chi connectivity index (χ1v) is 17.8. The molecule has 0 N–H and O–H groups in total. The number of pyridine rings is 3. The zero-order chi connectivity index (χ0) is 36.2. The van der Waals surface area contributed by atoms with Crippen molar-refractivity contribution in [3.8, 4) is 33.6 Å². The Morgan fingerprint density at radius 1 is 0.679 bits per heavy atom. The number of fused-ring (bicyclic) bond motifs is 3. The fraction of sp³-hybridized carbons (Fsp3) is 0.188. The van der Waals surface area contributed by atoms with Gasteiger partial charge in [-0.3, -0.25) is 0 Å². The Bertz CT molecular complexity index is 2480. The van der Waals surface area contributed by atoms with Gasteiger partial charge in [-0.2, -0.15) is 0 Å². The summed E-state index contributed by atoms with van der Waals surface area (Å²) in [5.74, 6) is 0. The van der Waals surface area contributed by atoms with Crippen molar-refractivity contribution in [2.24, 2.45) is 5.41 Å². The number of hydrogen-bond donors (Lipinski definition) is 0. The van der Waals surface area contributed by atoms with Crippen LogP contribution in [-0.2, 0) is 32.9 Å². The fourth-order valence-corrected chi connectivity index (χ4v) is 6.59. The van der Waals surface area contributed by atoms with Crippen LogP contribution in [0, 0.1) is 38.3 Å². The molecule has 5 heteroatoms. The Kier molecular flexibility index (Phi) is 11.5. The molecule has 0 fully saturated rings. The van der Waals surface area contributed by atoms with Gasteiger partial charge in [-0.1, -0.05) is 111 Å². The first kappa shape index (κ1) is 37.5. The van der Waals surface area contributed by atoms with Gasteiger partial charge >= 0.3 is 0 Å². The Balaban J connectivity index is 0.000000191. The summed E-state index contributed by atoms with van der Waals surface area (Å²) in [7, 11) is 0. The molecule has 8 rings (SSSR count). The Morgan fingerprint density at radius 3 is 2.23 bits per heavy atom. The Hall–Kier alpha value is -5.22. The van der Waals surface area contributed by atoms with Crippen molar-refractivity contribution in [3.05, 3.63) is 173 Å². The molecule has 267 valence electrons. The van der Waals surface area contributed by atoms with Gasteiger partial charge in [0.25, 0.3) is 0 Å². The number of rotatable bonds is 6. The standard InChI is InChI=1S/C28H25N2O.C20H18N.Ir/c1-28(2,3)18-20-14-15-29-25(17-20)24-11-7-10-22-23-13-12-21(30-27(23)31-26(22)24)16-19-8-5-4-6-9-19;1-14-8-10-17(11-9-14)20-12-19(16(3)13-21-20)18-7-5-4-6-15(18)2;/h4-10,12-15,17H,16,18H2,1-3H3;4-10,12-13H,1-3H3;/q2*-1;. The third kappa shape index (κ3) is 8.88. The molecule has 4 aromatic heterocycles. The van der Waals surface area contributed by atoms with Gasteiger partial charge in [-0.25, -0.2) is 4.98 Å². The first-order chi connectivity index (χ1) is 25.1. The van der Waals surface area contributed by atoms with Crippen LogP contribution in [0.15, 0.2) is 132 Å². The van der Waals surface area contributed by atoms with Gasteiger partial charge in [0.1, 0.15) is 0 Å². The van der Waals surface area contributed by atoms with Crippen molar-refractivity contribution in [2.45, 2.75) is 54.4 Å². The molecule has 1 radical (unpaired) electrons. The van der Waals surface area contributed by atoms with Crippen molar-refractivity contribution >= 4 is 22.1 Å². The molecule has 0 aliphatic carbocycles. The van der Waals surface area contributed by atoms with E-state index in [1.165, 1.54) is 38.9 Å². The number of nitrogens with zero attached hydrogens (tertiary/aromatic N) is 3. The van der Waals surface area contributed by atoms with Crippen molar-refractivity contribution in [1.29, 1.82) is 0 Å². The Morgan fingerprint density at radius 2 is 1.47 bits per heavy atom. The van der Waals surface area contributed by atoms with Crippen LogP contribution in [0.3, 0.4) is 0 Å². The first-order valence-electron chi connectivity index (χ1n) is 17.8. The molecule has 0 aliphatic heterocycles. The van der Waals surface area contributed by atoms with E-state index in [2.05, 4.69) is 155 Å². The van der Waals surface area contributed by atoms with E-state index in [1.54, 1.807) is 0 Å². The van der Waals surface area contributed by atoms with Crippen molar-refractivity contribution in [3.63, 3.8) is 0 Å². The smallest absolute Gasteiger partial charge is 0.216 e. The molecule has 4 nitrogen and oxygen atoms in total. The summed E-state index contributed by atoms with van der Waals surface area (Å²) < 4.78 is 6.27. The minimum atomic E-state index is 0. The van der Waals surface area contributed by atoms with Crippen LogP contribution in [0.1, 0.15) is 54.3 Å². The van der Waals surface area contributed by atoms with Crippen LogP contribution in [0.25, 0.3) is 55.7 Å². The average Bonchev–Trinajstić information content (AvgIpc) is 3.51. The zero-order valence-electron chi connectivity index (χ0n) is 31.1. The number of furan rings is 1. The van der Waals surface area contributed by atoms with E-state index in [1.807, 2.05) is 36.7 Å². The second kappa shape index (κ2) is 16.2. The minimum Gasteiger partial charge on any atom is -0.486 e. The van der Waals surface area contributed by atoms with Gasteiger partial charge in [0.2, 0.25) is 5.71 Å². The molecular weight excluding hydrogens is 827 g/mol. The summed E-state index contributed by atoms with van der Waals surface area (Å²) in [6.07, 6.45) is 5.60. The molecule has 4 aromatic carbocycles. The van der Waals surface area contributed by atoms with Gasteiger partial charge in [-0.05, 0) is 83.1 Å². The number of benzene rings is 4. The molecular formula is C48H43IrN3O-2. The van der Waals surface area contributed by atoms with Crippen LogP contribution in [0.4, 0.5) is 0 Å². The normalized spacial score (nSPS) is 11.2. The van der Waals surface area contributed by atoms with Crippen LogP contribution >= 0.6 is 0 Å². The zero-order valence-corrected chi connectivity index (χ0v) is 33.5. The third-order valence-corrected chi connectivity index (χ3v) is 9.18. The predicted octanol–water partition coefficient (Wildman–Crippen LogP) is 12.2. The molecule has 0 saturated carbocycles. The summed E-state index contributed by atoms with van der Waals surface area (Å²) in [6, 6.07) is 46.3. The van der Waals surface area contributed by atoms with E-state index < -0.39 is 0 Å². The van der Waals surface area contributed by atoms with Crippen LogP contribution in [-0.4, -0.2) is 15.0 Å². The van der Waals surface area contributed by atoms with Gasteiger partial charge in [-0.15, -0.1) is 53.6 Å². The number of aryl methyl sites for hydroxylation is 3. The molecule has 0 spiro atoms. The topological polar surface area (TPSA) is 51.8 Å². The summed E-state index contributed by atoms with van der Waals surface area (Å²) in [6.45, 7) is 13.1. The van der Waals surface area contributed by atoms with E-state index in [-0.39, 0.29) is 25.5 Å². The molecule has 0 amide bonds. The van der Waals surface area contributed by atoms with Gasteiger partial charge < -0.3 is 14.4 Å². The van der Waals surface area contributed by atoms with E-state index in [0.717, 1.165) is 57.4 Å². The molecule has 0 aliphatic rings. The molecule has 0 saturated heterocycles. The van der Waals surface area contributed by atoms with E-state index in [9.17, 15) is 0 Å². The maximum Gasteiger partial charge on any atom is 0.216 e. The predicted molar refractivity (Wildman–Crippen MR) is 214 cm³/mol. The molecule has 0 atom stereocenters. The van der Waals surface area contributed by atoms with Crippen molar-refractivity contribution in [1.82, 2.24) is 15.0 Å². The molecule has 8 aromatic rings. The van der Waals surface area contributed by atoms with Gasteiger partial charge in [0.15, 0.2) is 0 Å². The van der Waals surface area contributed by atoms with E-state index >= 15 is 0 Å². The van der Waals surface area contributed by atoms with Gasteiger partial charge in [0.05, 0.1) is 5.58 Å². The second-order valence-electron chi connectivity index (χ2n) is 14.8. The largest absolute Gasteiger partial charge is 0.486 e. The summed E-state index contributed by atoms with van der Waals surface area (Å²) in [5, 5.41) is 2.07. The summed E-state index contributed by atoms with van der Waals surface area (Å²) >= 11 is 0. The van der Waals surface area contributed by atoms with Crippen LogP contribution < -0.4 is 0 Å². The number of hydrogen-bond acceptors (Lipinski definition) is 4. The van der Waals surface area contributed by atoms with E-state index in [0.29, 0.717) is 5.71 Å².